The van der Waals surface area contributed by atoms with E-state index in [9.17, 15) is 9.59 Å². The van der Waals surface area contributed by atoms with E-state index in [2.05, 4.69) is 0 Å². The van der Waals surface area contributed by atoms with Gasteiger partial charge in [-0.2, -0.15) is 0 Å². The fourth-order valence-electron chi connectivity index (χ4n) is 4.03. The van der Waals surface area contributed by atoms with Gasteiger partial charge in [0.2, 0.25) is 5.91 Å². The number of ether oxygens (including phenoxy) is 1. The minimum absolute atomic E-state index is 0. The molecule has 3 rings (SSSR count). The summed E-state index contributed by atoms with van der Waals surface area (Å²) in [6, 6.07) is 7.69. The van der Waals surface area contributed by atoms with Gasteiger partial charge in [0.15, 0.2) is 6.10 Å². The average Bonchev–Trinajstić information content (AvgIpc) is 2.69. The molecule has 28 heavy (non-hydrogen) atoms. The number of carbonyl (C=O) groups excluding carboxylic acids is 2. The fourth-order valence-corrected chi connectivity index (χ4v) is 4.03. The number of rotatable bonds is 4. The van der Waals surface area contributed by atoms with E-state index in [0.29, 0.717) is 26.2 Å². The van der Waals surface area contributed by atoms with E-state index in [0.717, 1.165) is 43.4 Å². The Kier molecular flexibility index (Phi) is 7.72. The average molecular weight is 410 g/mol. The summed E-state index contributed by atoms with van der Waals surface area (Å²) in [5.74, 6) is 0.749. The van der Waals surface area contributed by atoms with Crippen LogP contribution in [0.3, 0.4) is 0 Å². The molecule has 1 aliphatic carbocycles. The lowest BCUT2D eigenvalue weighted by Crippen LogP contribution is -2.61. The lowest BCUT2D eigenvalue weighted by Gasteiger charge is -2.41. The van der Waals surface area contributed by atoms with Crippen LogP contribution < -0.4 is 10.5 Å². The zero-order chi connectivity index (χ0) is 19.4. The van der Waals surface area contributed by atoms with Crippen LogP contribution in [0, 0.1) is 6.92 Å². The zero-order valence-electron chi connectivity index (χ0n) is 16.9. The summed E-state index contributed by atoms with van der Waals surface area (Å²) in [7, 11) is 0. The molecule has 0 bridgehead atoms. The first-order chi connectivity index (χ1) is 12.9. The predicted molar refractivity (Wildman–Crippen MR) is 112 cm³/mol. The van der Waals surface area contributed by atoms with Crippen molar-refractivity contribution in [1.82, 2.24) is 9.80 Å². The van der Waals surface area contributed by atoms with Crippen LogP contribution in [0.5, 0.6) is 5.75 Å². The van der Waals surface area contributed by atoms with E-state index in [1.54, 1.807) is 11.8 Å². The molecule has 1 heterocycles. The standard InChI is InChI=1S/C21H31N3O3.ClH/c1-16-8-4-5-9-18(16)27-17(2)19(25)23-12-14-24(15-13-23)20(26)21(22)10-6-3-7-11-21;/h4-5,8-9,17H,3,6-7,10-15,22H2,1-2H3;1H. The number of aryl methyl sites for hydroxylation is 1. The second kappa shape index (κ2) is 9.61. The Bertz CT molecular complexity index is 683. The van der Waals surface area contributed by atoms with Crippen LogP contribution >= 0.6 is 12.4 Å². The van der Waals surface area contributed by atoms with E-state index in [-0.39, 0.29) is 24.2 Å². The van der Waals surface area contributed by atoms with Crippen LogP contribution in [0.2, 0.25) is 0 Å². The maximum absolute atomic E-state index is 12.8. The minimum atomic E-state index is -0.703. The summed E-state index contributed by atoms with van der Waals surface area (Å²) in [4.78, 5) is 29.2. The number of hydrogen-bond acceptors (Lipinski definition) is 4. The predicted octanol–water partition coefficient (Wildman–Crippen LogP) is 2.52. The Morgan fingerprint density at radius 2 is 1.61 bits per heavy atom. The van der Waals surface area contributed by atoms with Crippen LogP contribution in [0.25, 0.3) is 0 Å². The molecule has 1 saturated carbocycles. The molecule has 1 unspecified atom stereocenters. The Labute approximate surface area is 173 Å². The van der Waals surface area contributed by atoms with Gasteiger partial charge in [-0.25, -0.2) is 0 Å². The molecule has 7 heteroatoms. The van der Waals surface area contributed by atoms with Crippen LogP contribution in [0.1, 0.15) is 44.6 Å². The fraction of sp³-hybridized carbons (Fsp3) is 0.619. The molecule has 1 aromatic rings. The van der Waals surface area contributed by atoms with Crippen molar-refractivity contribution in [2.75, 3.05) is 26.2 Å². The molecular formula is C21H32ClN3O3. The topological polar surface area (TPSA) is 75.9 Å². The van der Waals surface area contributed by atoms with Gasteiger partial charge >= 0.3 is 0 Å². The molecule has 2 N–H and O–H groups in total. The summed E-state index contributed by atoms with van der Waals surface area (Å²) in [6.45, 7) is 5.89. The molecule has 2 aliphatic rings. The number of nitrogens with two attached hydrogens (primary N) is 1. The van der Waals surface area contributed by atoms with Crippen LogP contribution in [-0.2, 0) is 9.59 Å². The van der Waals surface area contributed by atoms with Crippen molar-refractivity contribution in [3.8, 4) is 5.75 Å². The lowest BCUT2D eigenvalue weighted by molar-refractivity contribution is -0.146. The zero-order valence-corrected chi connectivity index (χ0v) is 17.7. The van der Waals surface area contributed by atoms with Crippen molar-refractivity contribution >= 4 is 24.2 Å². The van der Waals surface area contributed by atoms with Gasteiger partial charge in [-0.1, -0.05) is 37.5 Å². The highest BCUT2D eigenvalue weighted by Crippen LogP contribution is 2.28. The van der Waals surface area contributed by atoms with Gasteiger partial charge < -0.3 is 20.3 Å². The second-order valence-corrected chi connectivity index (χ2v) is 7.86. The van der Waals surface area contributed by atoms with Crippen molar-refractivity contribution < 1.29 is 14.3 Å². The number of para-hydroxylation sites is 1. The molecule has 2 fully saturated rings. The van der Waals surface area contributed by atoms with Crippen LogP contribution in [0.15, 0.2) is 24.3 Å². The molecule has 1 saturated heterocycles. The first-order valence-corrected chi connectivity index (χ1v) is 10.00. The molecule has 1 aliphatic heterocycles. The largest absolute Gasteiger partial charge is 0.481 e. The van der Waals surface area contributed by atoms with Crippen LogP contribution in [-0.4, -0.2) is 59.4 Å². The number of nitrogens with zero attached hydrogens (tertiary/aromatic N) is 2. The first kappa shape index (κ1) is 22.5. The molecular weight excluding hydrogens is 378 g/mol. The van der Waals surface area contributed by atoms with Crippen LogP contribution in [0.4, 0.5) is 0 Å². The summed E-state index contributed by atoms with van der Waals surface area (Å²) in [5, 5.41) is 0. The summed E-state index contributed by atoms with van der Waals surface area (Å²) < 4.78 is 5.85. The Balaban J connectivity index is 0.00000280. The van der Waals surface area contributed by atoms with Gasteiger partial charge in [-0.15, -0.1) is 12.4 Å². The van der Waals surface area contributed by atoms with E-state index < -0.39 is 11.6 Å². The Morgan fingerprint density at radius 3 is 2.21 bits per heavy atom. The highest BCUT2D eigenvalue weighted by atomic mass is 35.5. The third kappa shape index (κ3) is 4.97. The van der Waals surface area contributed by atoms with Gasteiger partial charge in [-0.05, 0) is 38.3 Å². The molecule has 0 radical (unpaired) electrons. The summed E-state index contributed by atoms with van der Waals surface area (Å²) in [5.41, 5.74) is 6.69. The van der Waals surface area contributed by atoms with Gasteiger partial charge in [-0.3, -0.25) is 9.59 Å². The maximum atomic E-state index is 12.8. The third-order valence-electron chi connectivity index (χ3n) is 5.80. The van der Waals surface area contributed by atoms with Crippen molar-refractivity contribution in [2.24, 2.45) is 5.73 Å². The smallest absolute Gasteiger partial charge is 0.263 e. The molecule has 1 atom stereocenters. The normalized spacial score (nSPS) is 20.1. The van der Waals surface area contributed by atoms with E-state index in [4.69, 9.17) is 10.5 Å². The van der Waals surface area contributed by atoms with Gasteiger partial charge in [0.05, 0.1) is 5.54 Å². The molecule has 6 nitrogen and oxygen atoms in total. The number of piperazine rings is 1. The Morgan fingerprint density at radius 1 is 1.04 bits per heavy atom. The van der Waals surface area contributed by atoms with Gasteiger partial charge in [0.25, 0.3) is 5.91 Å². The van der Waals surface area contributed by atoms with Crippen molar-refractivity contribution in [2.45, 2.75) is 57.6 Å². The minimum Gasteiger partial charge on any atom is -0.481 e. The van der Waals surface area contributed by atoms with E-state index in [1.807, 2.05) is 36.1 Å². The highest BCUT2D eigenvalue weighted by molar-refractivity contribution is 5.87. The van der Waals surface area contributed by atoms with Crippen molar-refractivity contribution in [3.05, 3.63) is 29.8 Å². The van der Waals surface area contributed by atoms with Crippen molar-refractivity contribution in [1.29, 1.82) is 0 Å². The quantitative estimate of drug-likeness (QED) is 0.828. The number of amides is 2. The maximum Gasteiger partial charge on any atom is 0.263 e. The molecule has 0 aromatic heterocycles. The molecule has 0 spiro atoms. The Hall–Kier alpha value is -1.79. The highest BCUT2D eigenvalue weighted by Gasteiger charge is 2.39. The van der Waals surface area contributed by atoms with Gasteiger partial charge in [0, 0.05) is 26.2 Å². The third-order valence-corrected chi connectivity index (χ3v) is 5.80. The molecule has 1 aromatic carbocycles. The summed E-state index contributed by atoms with van der Waals surface area (Å²) >= 11 is 0. The number of benzene rings is 1. The number of hydrogen-bond donors (Lipinski definition) is 1. The van der Waals surface area contributed by atoms with Gasteiger partial charge in [0.1, 0.15) is 5.75 Å². The monoisotopic (exact) mass is 409 g/mol. The van der Waals surface area contributed by atoms with E-state index >= 15 is 0 Å². The second-order valence-electron chi connectivity index (χ2n) is 7.86. The van der Waals surface area contributed by atoms with Crippen molar-refractivity contribution in [3.63, 3.8) is 0 Å². The van der Waals surface area contributed by atoms with E-state index in [1.165, 1.54) is 0 Å². The summed E-state index contributed by atoms with van der Waals surface area (Å²) in [6.07, 6.45) is 4.20. The number of halogens is 1. The number of carbonyl (C=O) groups is 2. The first-order valence-electron chi connectivity index (χ1n) is 10.00. The lowest BCUT2D eigenvalue weighted by atomic mass is 9.81. The molecule has 156 valence electrons. The SMILES string of the molecule is Cc1ccccc1OC(C)C(=O)N1CCN(C(=O)C2(N)CCCCC2)CC1.Cl. The molecule has 2 amide bonds.